The van der Waals surface area contributed by atoms with Crippen LogP contribution in [0.1, 0.15) is 38.5 Å². The van der Waals surface area contributed by atoms with Crippen LogP contribution in [-0.2, 0) is 0 Å². The second-order valence-corrected chi connectivity index (χ2v) is 6.16. The molecule has 1 aliphatic carbocycles. The van der Waals surface area contributed by atoms with Crippen molar-refractivity contribution >= 4 is 23.3 Å². The van der Waals surface area contributed by atoms with Crippen LogP contribution in [0.3, 0.4) is 0 Å². The van der Waals surface area contributed by atoms with Crippen molar-refractivity contribution in [2.75, 3.05) is 11.9 Å². The van der Waals surface area contributed by atoms with E-state index in [2.05, 4.69) is 10.3 Å². The standard InChI is InChI=1S/C15H20ClN3O/c16-14-8-7-12(9-17-14)18-15(20)19-10-11-5-3-1-2-4-6-13(11)19/h7-9,11,13H,1-6,10H2,(H,18,20). The summed E-state index contributed by atoms with van der Waals surface area (Å²) in [5, 5.41) is 3.34. The molecule has 1 N–H and O–H groups in total. The summed E-state index contributed by atoms with van der Waals surface area (Å²) in [7, 11) is 0. The highest BCUT2D eigenvalue weighted by molar-refractivity contribution is 6.29. The number of rotatable bonds is 1. The number of carbonyl (C=O) groups excluding carboxylic acids is 1. The molecule has 4 nitrogen and oxygen atoms in total. The fourth-order valence-corrected chi connectivity index (χ4v) is 3.41. The van der Waals surface area contributed by atoms with Crippen molar-refractivity contribution in [1.82, 2.24) is 9.88 Å². The van der Waals surface area contributed by atoms with E-state index in [1.807, 2.05) is 4.90 Å². The van der Waals surface area contributed by atoms with Crippen molar-refractivity contribution < 1.29 is 4.79 Å². The fraction of sp³-hybridized carbons (Fsp3) is 0.600. The summed E-state index contributed by atoms with van der Waals surface area (Å²) < 4.78 is 0. The zero-order valence-corrected chi connectivity index (χ0v) is 12.3. The zero-order valence-electron chi connectivity index (χ0n) is 11.5. The van der Waals surface area contributed by atoms with Crippen LogP contribution < -0.4 is 5.32 Å². The number of amides is 2. The number of halogens is 1. The first kappa shape index (κ1) is 13.7. The van der Waals surface area contributed by atoms with Crippen LogP contribution in [0.5, 0.6) is 0 Å². The van der Waals surface area contributed by atoms with Gasteiger partial charge in [0.05, 0.1) is 11.9 Å². The van der Waals surface area contributed by atoms with Gasteiger partial charge in [0.25, 0.3) is 0 Å². The van der Waals surface area contributed by atoms with E-state index in [0.29, 0.717) is 22.8 Å². The van der Waals surface area contributed by atoms with Gasteiger partial charge >= 0.3 is 6.03 Å². The number of hydrogen-bond acceptors (Lipinski definition) is 2. The Morgan fingerprint density at radius 3 is 2.80 bits per heavy atom. The molecule has 1 saturated heterocycles. The summed E-state index contributed by atoms with van der Waals surface area (Å²) in [5.41, 5.74) is 0.702. The molecule has 5 heteroatoms. The maximum Gasteiger partial charge on any atom is 0.322 e. The van der Waals surface area contributed by atoms with Gasteiger partial charge in [0.1, 0.15) is 5.15 Å². The first-order chi connectivity index (χ1) is 9.74. The average molecular weight is 294 g/mol. The van der Waals surface area contributed by atoms with Crippen LogP contribution in [-0.4, -0.2) is 28.5 Å². The summed E-state index contributed by atoms with van der Waals surface area (Å²) in [4.78, 5) is 18.2. The topological polar surface area (TPSA) is 45.2 Å². The van der Waals surface area contributed by atoms with E-state index >= 15 is 0 Å². The highest BCUT2D eigenvalue weighted by atomic mass is 35.5. The summed E-state index contributed by atoms with van der Waals surface area (Å²) in [5.74, 6) is 0.712. The van der Waals surface area contributed by atoms with Crippen LogP contribution in [0, 0.1) is 5.92 Å². The minimum absolute atomic E-state index is 0.00375. The molecule has 108 valence electrons. The van der Waals surface area contributed by atoms with Crippen LogP contribution in [0.15, 0.2) is 18.3 Å². The van der Waals surface area contributed by atoms with E-state index in [1.165, 1.54) is 32.1 Å². The number of nitrogens with zero attached hydrogens (tertiary/aromatic N) is 2. The summed E-state index contributed by atoms with van der Waals surface area (Å²) in [6, 6.07) is 3.90. The van der Waals surface area contributed by atoms with Gasteiger partial charge in [-0.1, -0.05) is 37.3 Å². The Morgan fingerprint density at radius 2 is 2.05 bits per heavy atom. The molecule has 2 unspecified atom stereocenters. The monoisotopic (exact) mass is 293 g/mol. The van der Waals surface area contributed by atoms with Crippen LogP contribution in [0.2, 0.25) is 5.15 Å². The van der Waals surface area contributed by atoms with Crippen molar-refractivity contribution in [2.45, 2.75) is 44.6 Å². The number of carbonyl (C=O) groups is 1. The lowest BCUT2D eigenvalue weighted by molar-refractivity contribution is 0.0379. The van der Waals surface area contributed by atoms with Crippen LogP contribution in [0.25, 0.3) is 0 Å². The Balaban J connectivity index is 1.59. The van der Waals surface area contributed by atoms with Crippen molar-refractivity contribution in [3.05, 3.63) is 23.5 Å². The molecule has 1 aromatic heterocycles. The maximum absolute atomic E-state index is 12.3. The number of pyridine rings is 1. The van der Waals surface area contributed by atoms with E-state index in [9.17, 15) is 4.79 Å². The number of aromatic nitrogens is 1. The van der Waals surface area contributed by atoms with Gasteiger partial charge in [0.2, 0.25) is 0 Å². The molecule has 2 heterocycles. The Labute approximate surface area is 124 Å². The molecule has 0 radical (unpaired) electrons. The van der Waals surface area contributed by atoms with Gasteiger partial charge in [-0.25, -0.2) is 9.78 Å². The lowest BCUT2D eigenvalue weighted by Gasteiger charge is -2.49. The molecule has 0 bridgehead atoms. The molecule has 2 amide bonds. The molecule has 1 aliphatic heterocycles. The largest absolute Gasteiger partial charge is 0.322 e. The molecule has 2 fully saturated rings. The van der Waals surface area contributed by atoms with Crippen molar-refractivity contribution in [1.29, 1.82) is 0 Å². The van der Waals surface area contributed by atoms with E-state index in [1.54, 1.807) is 18.3 Å². The van der Waals surface area contributed by atoms with E-state index in [4.69, 9.17) is 11.6 Å². The Morgan fingerprint density at radius 1 is 1.25 bits per heavy atom. The number of likely N-dealkylation sites (tertiary alicyclic amines) is 1. The van der Waals surface area contributed by atoms with Crippen molar-refractivity contribution in [2.24, 2.45) is 5.92 Å². The third kappa shape index (κ3) is 2.90. The van der Waals surface area contributed by atoms with Gasteiger partial charge in [-0.3, -0.25) is 0 Å². The number of hydrogen-bond donors (Lipinski definition) is 1. The highest BCUT2D eigenvalue weighted by Gasteiger charge is 2.41. The number of urea groups is 1. The molecule has 0 spiro atoms. The third-order valence-corrected chi connectivity index (χ3v) is 4.66. The van der Waals surface area contributed by atoms with Gasteiger partial charge < -0.3 is 10.2 Å². The summed E-state index contributed by atoms with van der Waals surface area (Å²) in [6.07, 6.45) is 9.24. The number of fused-ring (bicyclic) bond motifs is 1. The van der Waals surface area contributed by atoms with E-state index in [0.717, 1.165) is 13.0 Å². The molecule has 20 heavy (non-hydrogen) atoms. The Hall–Kier alpha value is -1.29. The fourth-order valence-electron chi connectivity index (χ4n) is 3.29. The SMILES string of the molecule is O=C(Nc1ccc(Cl)nc1)N1CC2CCCCCCC21. The van der Waals surface area contributed by atoms with Crippen LogP contribution >= 0.6 is 11.6 Å². The van der Waals surface area contributed by atoms with Gasteiger partial charge in [0, 0.05) is 12.6 Å². The minimum atomic E-state index is -0.00375. The molecule has 3 rings (SSSR count). The quantitative estimate of drug-likeness (QED) is 0.798. The first-order valence-corrected chi connectivity index (χ1v) is 7.81. The predicted molar refractivity (Wildman–Crippen MR) is 80.0 cm³/mol. The van der Waals surface area contributed by atoms with E-state index < -0.39 is 0 Å². The number of nitrogens with one attached hydrogen (secondary N) is 1. The smallest absolute Gasteiger partial charge is 0.321 e. The Kier molecular flexibility index (Phi) is 4.10. The first-order valence-electron chi connectivity index (χ1n) is 7.43. The molecular weight excluding hydrogens is 274 g/mol. The van der Waals surface area contributed by atoms with Gasteiger partial charge in [-0.05, 0) is 30.9 Å². The number of anilines is 1. The highest BCUT2D eigenvalue weighted by Crippen LogP contribution is 2.35. The maximum atomic E-state index is 12.3. The van der Waals surface area contributed by atoms with Crippen LogP contribution in [0.4, 0.5) is 10.5 Å². The summed E-state index contributed by atoms with van der Waals surface area (Å²) in [6.45, 7) is 0.900. The van der Waals surface area contributed by atoms with Gasteiger partial charge in [-0.2, -0.15) is 0 Å². The molecule has 0 aromatic carbocycles. The summed E-state index contributed by atoms with van der Waals surface area (Å²) >= 11 is 5.74. The second-order valence-electron chi connectivity index (χ2n) is 5.77. The third-order valence-electron chi connectivity index (χ3n) is 4.44. The normalized spacial score (nSPS) is 25.9. The zero-order chi connectivity index (χ0) is 13.9. The molecule has 2 atom stereocenters. The molecule has 1 saturated carbocycles. The van der Waals surface area contributed by atoms with Crippen molar-refractivity contribution in [3.63, 3.8) is 0 Å². The van der Waals surface area contributed by atoms with Gasteiger partial charge in [0.15, 0.2) is 0 Å². The molecular formula is C15H20ClN3O. The predicted octanol–water partition coefficient (Wildman–Crippen LogP) is 3.92. The lowest BCUT2D eigenvalue weighted by atomic mass is 9.79. The average Bonchev–Trinajstić information content (AvgIpc) is 2.40. The van der Waals surface area contributed by atoms with Gasteiger partial charge in [-0.15, -0.1) is 0 Å². The second kappa shape index (κ2) is 6.00. The molecule has 1 aromatic rings. The molecule has 2 aliphatic rings. The van der Waals surface area contributed by atoms with E-state index in [-0.39, 0.29) is 6.03 Å². The van der Waals surface area contributed by atoms with Crippen molar-refractivity contribution in [3.8, 4) is 0 Å². The minimum Gasteiger partial charge on any atom is -0.321 e. The lowest BCUT2D eigenvalue weighted by Crippen LogP contribution is -2.59. The Bertz CT molecular complexity index is 477.